The van der Waals surface area contributed by atoms with Crippen LogP contribution < -0.4 is 10.6 Å². The van der Waals surface area contributed by atoms with Crippen LogP contribution in [0.15, 0.2) is 54.6 Å². The summed E-state index contributed by atoms with van der Waals surface area (Å²) in [5.74, 6) is -0.765. The van der Waals surface area contributed by atoms with Crippen molar-refractivity contribution < 1.29 is 14.4 Å². The smallest absolute Gasteiger partial charge is 0.243 e. The minimum atomic E-state index is -0.348. The number of benzene rings is 2. The van der Waals surface area contributed by atoms with E-state index < -0.39 is 0 Å². The normalized spacial score (nSPS) is 11.5. The molecule has 6 heteroatoms. The molecule has 1 atom stereocenters. The molecule has 0 aliphatic carbocycles. The first kappa shape index (κ1) is 25.1. The molecule has 0 saturated heterocycles. The zero-order valence-electron chi connectivity index (χ0n) is 19.4. The lowest BCUT2D eigenvalue weighted by atomic mass is 9.97. The third kappa shape index (κ3) is 8.53. The SMILES string of the molecule is CCCCC(CC)C(=O)N(CC(=O)NCC(=O)Nc1cccc(C)c1)Cc1ccccc1. The number of unbranched alkanes of at least 4 members (excludes halogenated alkanes) is 1. The maximum absolute atomic E-state index is 13.2. The fourth-order valence-electron chi connectivity index (χ4n) is 3.56. The molecule has 0 fully saturated rings. The van der Waals surface area contributed by atoms with Crippen molar-refractivity contribution in [3.63, 3.8) is 0 Å². The number of aryl methyl sites for hydroxylation is 1. The Morgan fingerprint density at radius 1 is 0.969 bits per heavy atom. The number of anilines is 1. The van der Waals surface area contributed by atoms with Crippen molar-refractivity contribution in [1.82, 2.24) is 10.2 Å². The number of hydrogen-bond acceptors (Lipinski definition) is 3. The molecule has 0 bridgehead atoms. The maximum Gasteiger partial charge on any atom is 0.243 e. The van der Waals surface area contributed by atoms with Crippen LogP contribution in [0.1, 0.15) is 50.7 Å². The van der Waals surface area contributed by atoms with Crippen LogP contribution in [-0.4, -0.2) is 35.7 Å². The lowest BCUT2D eigenvalue weighted by Gasteiger charge is -2.27. The van der Waals surface area contributed by atoms with Gasteiger partial charge in [0.15, 0.2) is 0 Å². The molecule has 0 heterocycles. The van der Waals surface area contributed by atoms with Crippen LogP contribution in [0.2, 0.25) is 0 Å². The molecule has 2 N–H and O–H groups in total. The first-order valence-corrected chi connectivity index (χ1v) is 11.4. The predicted molar refractivity (Wildman–Crippen MR) is 128 cm³/mol. The highest BCUT2D eigenvalue weighted by atomic mass is 16.2. The fraction of sp³-hybridized carbons (Fsp3) is 0.423. The largest absolute Gasteiger partial charge is 0.345 e. The molecule has 2 aromatic rings. The van der Waals surface area contributed by atoms with Crippen molar-refractivity contribution in [1.29, 1.82) is 0 Å². The zero-order valence-corrected chi connectivity index (χ0v) is 19.4. The molecule has 0 aliphatic heterocycles. The van der Waals surface area contributed by atoms with Gasteiger partial charge >= 0.3 is 0 Å². The summed E-state index contributed by atoms with van der Waals surface area (Å²) in [5.41, 5.74) is 2.69. The Morgan fingerprint density at radius 3 is 2.38 bits per heavy atom. The molecular weight excluding hydrogens is 402 g/mol. The number of amides is 3. The Morgan fingerprint density at radius 2 is 1.72 bits per heavy atom. The topological polar surface area (TPSA) is 78.5 Å². The Hall–Kier alpha value is -3.15. The second kappa shape index (κ2) is 13.3. The van der Waals surface area contributed by atoms with E-state index in [-0.39, 0.29) is 36.7 Å². The van der Waals surface area contributed by atoms with Gasteiger partial charge < -0.3 is 15.5 Å². The standard InChI is InChI=1S/C26H35N3O3/c1-4-6-14-22(5-2)26(32)29(18-21-12-8-7-9-13-21)19-25(31)27-17-24(30)28-23-15-10-11-20(3)16-23/h7-13,15-16,22H,4-6,14,17-19H2,1-3H3,(H,27,31)(H,28,30). The van der Waals surface area contributed by atoms with E-state index in [1.54, 1.807) is 11.0 Å². The van der Waals surface area contributed by atoms with Crippen LogP contribution in [0.5, 0.6) is 0 Å². The van der Waals surface area contributed by atoms with E-state index in [2.05, 4.69) is 17.6 Å². The molecule has 0 aliphatic rings. The summed E-state index contributed by atoms with van der Waals surface area (Å²) in [4.78, 5) is 39.6. The molecule has 6 nitrogen and oxygen atoms in total. The number of carbonyl (C=O) groups excluding carboxylic acids is 3. The van der Waals surface area contributed by atoms with E-state index in [1.807, 2.05) is 62.4 Å². The van der Waals surface area contributed by atoms with E-state index in [1.165, 1.54) is 0 Å². The van der Waals surface area contributed by atoms with E-state index >= 15 is 0 Å². The van der Waals surface area contributed by atoms with Gasteiger partial charge in [-0.2, -0.15) is 0 Å². The molecule has 0 spiro atoms. The quantitative estimate of drug-likeness (QED) is 0.520. The van der Waals surface area contributed by atoms with Gasteiger partial charge in [0.05, 0.1) is 13.1 Å². The molecule has 2 rings (SSSR count). The Balaban J connectivity index is 1.98. The summed E-state index contributed by atoms with van der Waals surface area (Å²) in [7, 11) is 0. The fourth-order valence-corrected chi connectivity index (χ4v) is 3.56. The lowest BCUT2D eigenvalue weighted by molar-refractivity contribution is -0.140. The third-order valence-electron chi connectivity index (χ3n) is 5.36. The Bertz CT molecular complexity index is 883. The van der Waals surface area contributed by atoms with Gasteiger partial charge in [-0.1, -0.05) is 69.2 Å². The van der Waals surface area contributed by atoms with Crippen LogP contribution in [0.4, 0.5) is 5.69 Å². The van der Waals surface area contributed by atoms with E-state index in [0.717, 1.165) is 36.8 Å². The van der Waals surface area contributed by atoms with Crippen LogP contribution in [-0.2, 0) is 20.9 Å². The third-order valence-corrected chi connectivity index (χ3v) is 5.36. The molecule has 3 amide bonds. The van der Waals surface area contributed by atoms with Gasteiger partial charge in [0.1, 0.15) is 0 Å². The highest BCUT2D eigenvalue weighted by Gasteiger charge is 2.24. The van der Waals surface area contributed by atoms with Crippen molar-refractivity contribution in [2.45, 2.75) is 53.0 Å². The number of nitrogens with one attached hydrogen (secondary N) is 2. The van der Waals surface area contributed by atoms with E-state index in [9.17, 15) is 14.4 Å². The molecule has 0 radical (unpaired) electrons. The number of hydrogen-bond donors (Lipinski definition) is 2. The van der Waals surface area contributed by atoms with Gasteiger partial charge in [0, 0.05) is 18.2 Å². The summed E-state index contributed by atoms with van der Waals surface area (Å²) < 4.78 is 0. The summed E-state index contributed by atoms with van der Waals surface area (Å²) in [6.07, 6.45) is 3.57. The Kier molecular flexibility index (Phi) is 10.4. The minimum Gasteiger partial charge on any atom is -0.345 e. The van der Waals surface area contributed by atoms with Gasteiger partial charge in [-0.3, -0.25) is 14.4 Å². The number of rotatable bonds is 12. The lowest BCUT2D eigenvalue weighted by Crippen LogP contribution is -2.44. The van der Waals surface area contributed by atoms with Crippen LogP contribution in [0.25, 0.3) is 0 Å². The van der Waals surface area contributed by atoms with Crippen molar-refractivity contribution in [3.8, 4) is 0 Å². The van der Waals surface area contributed by atoms with Gasteiger partial charge in [0.2, 0.25) is 17.7 Å². The van der Waals surface area contributed by atoms with Crippen LogP contribution in [0.3, 0.4) is 0 Å². The molecule has 32 heavy (non-hydrogen) atoms. The van der Waals surface area contributed by atoms with E-state index in [4.69, 9.17) is 0 Å². The second-order valence-electron chi connectivity index (χ2n) is 8.12. The van der Waals surface area contributed by atoms with Gasteiger partial charge in [-0.15, -0.1) is 0 Å². The zero-order chi connectivity index (χ0) is 23.3. The second-order valence-corrected chi connectivity index (χ2v) is 8.12. The van der Waals surface area contributed by atoms with Gasteiger partial charge in [-0.05, 0) is 43.0 Å². The highest BCUT2D eigenvalue weighted by Crippen LogP contribution is 2.18. The van der Waals surface area contributed by atoms with Gasteiger partial charge in [-0.25, -0.2) is 0 Å². The van der Waals surface area contributed by atoms with Crippen molar-refractivity contribution >= 4 is 23.4 Å². The summed E-state index contributed by atoms with van der Waals surface area (Å²) in [6.45, 7) is 6.20. The summed E-state index contributed by atoms with van der Waals surface area (Å²) >= 11 is 0. The molecule has 2 aromatic carbocycles. The average molecular weight is 438 g/mol. The summed E-state index contributed by atoms with van der Waals surface area (Å²) in [6, 6.07) is 17.1. The van der Waals surface area contributed by atoms with Crippen LogP contribution >= 0.6 is 0 Å². The van der Waals surface area contributed by atoms with Crippen LogP contribution in [0, 0.1) is 12.8 Å². The molecule has 1 unspecified atom stereocenters. The molecular formula is C26H35N3O3. The van der Waals surface area contributed by atoms with E-state index in [0.29, 0.717) is 12.2 Å². The van der Waals surface area contributed by atoms with Crippen molar-refractivity contribution in [2.75, 3.05) is 18.4 Å². The minimum absolute atomic E-state index is 0.0100. The average Bonchev–Trinajstić information content (AvgIpc) is 2.78. The van der Waals surface area contributed by atoms with Crippen molar-refractivity contribution in [3.05, 3.63) is 65.7 Å². The number of nitrogens with zero attached hydrogens (tertiary/aromatic N) is 1. The molecule has 172 valence electrons. The summed E-state index contributed by atoms with van der Waals surface area (Å²) in [5, 5.41) is 5.41. The highest BCUT2D eigenvalue weighted by molar-refractivity contribution is 5.95. The molecule has 0 saturated carbocycles. The van der Waals surface area contributed by atoms with Gasteiger partial charge in [0.25, 0.3) is 0 Å². The maximum atomic E-state index is 13.2. The molecule has 0 aromatic heterocycles. The van der Waals surface area contributed by atoms with Crippen molar-refractivity contribution in [2.24, 2.45) is 5.92 Å². The number of carbonyl (C=O) groups is 3. The first-order chi connectivity index (χ1) is 15.4. The predicted octanol–water partition coefficient (Wildman–Crippen LogP) is 4.29. The first-order valence-electron chi connectivity index (χ1n) is 11.4. The Labute approximate surface area is 191 Å². The monoisotopic (exact) mass is 437 g/mol.